The summed E-state index contributed by atoms with van der Waals surface area (Å²) in [7, 11) is 0. The van der Waals surface area contributed by atoms with Crippen LogP contribution in [0, 0.1) is 0 Å². The fourth-order valence-electron chi connectivity index (χ4n) is 3.33. The fourth-order valence-corrected chi connectivity index (χ4v) is 3.33. The standard InChI is InChI=1S/C21H24F3N3O2/c1-15(19-6-5-18(13-25-19)29-14-21(22,23)24)10-17(28)11-16-4-7-20(26-12-16)27-8-2-3-9-27/h4-7,12-13,15H,2-3,8-11,14H2,1H3/t15-/m0/s1. The molecule has 8 heteroatoms. The van der Waals surface area contributed by atoms with Gasteiger partial charge in [-0.25, -0.2) is 4.98 Å². The van der Waals surface area contributed by atoms with Crippen molar-refractivity contribution in [1.29, 1.82) is 0 Å². The van der Waals surface area contributed by atoms with Crippen molar-refractivity contribution in [2.24, 2.45) is 0 Å². The first kappa shape index (κ1) is 21.1. The zero-order chi connectivity index (χ0) is 20.9. The number of carbonyl (C=O) groups is 1. The lowest BCUT2D eigenvalue weighted by molar-refractivity contribution is -0.153. The van der Waals surface area contributed by atoms with Crippen molar-refractivity contribution in [2.75, 3.05) is 24.6 Å². The highest BCUT2D eigenvalue weighted by molar-refractivity contribution is 5.81. The Kier molecular flexibility index (Phi) is 6.71. The van der Waals surface area contributed by atoms with Crippen LogP contribution in [0.4, 0.5) is 19.0 Å². The summed E-state index contributed by atoms with van der Waals surface area (Å²) in [4.78, 5) is 23.2. The van der Waals surface area contributed by atoms with E-state index in [0.717, 1.165) is 24.5 Å². The largest absolute Gasteiger partial charge is 0.483 e. The zero-order valence-corrected chi connectivity index (χ0v) is 16.3. The first-order valence-corrected chi connectivity index (χ1v) is 9.67. The Morgan fingerprint density at radius 3 is 2.48 bits per heavy atom. The van der Waals surface area contributed by atoms with Crippen LogP contribution in [-0.2, 0) is 11.2 Å². The Morgan fingerprint density at radius 1 is 1.14 bits per heavy atom. The molecule has 2 aromatic rings. The molecule has 0 aromatic carbocycles. The maximum absolute atomic E-state index is 12.4. The van der Waals surface area contributed by atoms with Gasteiger partial charge in [0.15, 0.2) is 6.61 Å². The van der Waals surface area contributed by atoms with Gasteiger partial charge in [-0.05, 0) is 36.6 Å². The predicted molar refractivity (Wildman–Crippen MR) is 103 cm³/mol. The van der Waals surface area contributed by atoms with Crippen molar-refractivity contribution < 1.29 is 22.7 Å². The van der Waals surface area contributed by atoms with Gasteiger partial charge in [-0.15, -0.1) is 0 Å². The highest BCUT2D eigenvalue weighted by Gasteiger charge is 2.28. The topological polar surface area (TPSA) is 55.3 Å². The van der Waals surface area contributed by atoms with E-state index in [4.69, 9.17) is 0 Å². The monoisotopic (exact) mass is 407 g/mol. The lowest BCUT2D eigenvalue weighted by atomic mass is 9.97. The van der Waals surface area contributed by atoms with Crippen molar-refractivity contribution in [1.82, 2.24) is 9.97 Å². The minimum Gasteiger partial charge on any atom is -0.483 e. The highest BCUT2D eigenvalue weighted by atomic mass is 19.4. The van der Waals surface area contributed by atoms with Crippen molar-refractivity contribution in [3.63, 3.8) is 0 Å². The zero-order valence-electron chi connectivity index (χ0n) is 16.3. The summed E-state index contributed by atoms with van der Waals surface area (Å²) >= 11 is 0. The number of carbonyl (C=O) groups excluding carboxylic acids is 1. The SMILES string of the molecule is C[C@@H](CC(=O)Cc1ccc(N2CCCC2)nc1)c1ccc(OCC(F)(F)F)cn1. The molecule has 0 radical (unpaired) electrons. The summed E-state index contributed by atoms with van der Waals surface area (Å²) < 4.78 is 41.2. The smallest absolute Gasteiger partial charge is 0.422 e. The van der Waals surface area contributed by atoms with Crippen molar-refractivity contribution in [3.05, 3.63) is 47.9 Å². The van der Waals surface area contributed by atoms with E-state index >= 15 is 0 Å². The summed E-state index contributed by atoms with van der Waals surface area (Å²) in [5.74, 6) is 0.918. The Hall–Kier alpha value is -2.64. The molecule has 0 aliphatic carbocycles. The van der Waals surface area contributed by atoms with Crippen molar-refractivity contribution >= 4 is 11.6 Å². The van der Waals surface area contributed by atoms with Gasteiger partial charge in [0.05, 0.1) is 6.20 Å². The molecule has 156 valence electrons. The molecule has 0 unspecified atom stereocenters. The quantitative estimate of drug-likeness (QED) is 0.652. The van der Waals surface area contributed by atoms with E-state index in [1.165, 1.54) is 25.1 Å². The molecule has 0 saturated carbocycles. The molecule has 1 atom stereocenters. The average molecular weight is 407 g/mol. The van der Waals surface area contributed by atoms with E-state index in [-0.39, 0.29) is 17.5 Å². The van der Waals surface area contributed by atoms with Crippen molar-refractivity contribution in [3.8, 4) is 5.75 Å². The molecule has 1 aliphatic rings. The second-order valence-corrected chi connectivity index (χ2v) is 7.36. The number of aromatic nitrogens is 2. The molecule has 0 N–H and O–H groups in total. The molecule has 3 heterocycles. The number of rotatable bonds is 8. The van der Waals surface area contributed by atoms with Crippen LogP contribution in [0.2, 0.25) is 0 Å². The van der Waals surface area contributed by atoms with Gasteiger partial charge in [0, 0.05) is 43.7 Å². The van der Waals surface area contributed by atoms with Crippen LogP contribution in [0.3, 0.4) is 0 Å². The minimum atomic E-state index is -4.39. The number of ketones is 1. The van der Waals surface area contributed by atoms with Gasteiger partial charge in [-0.2, -0.15) is 13.2 Å². The molecule has 29 heavy (non-hydrogen) atoms. The lowest BCUT2D eigenvalue weighted by Crippen LogP contribution is -2.19. The molecule has 0 spiro atoms. The van der Waals surface area contributed by atoms with Gasteiger partial charge in [0.25, 0.3) is 0 Å². The molecule has 0 bridgehead atoms. The molecule has 0 amide bonds. The Labute approximate surface area is 167 Å². The van der Waals surface area contributed by atoms with Crippen LogP contribution in [0.25, 0.3) is 0 Å². The number of Topliss-reactive ketones (excluding diaryl/α,β-unsaturated/α-hetero) is 1. The van der Waals surface area contributed by atoms with E-state index in [1.807, 2.05) is 19.1 Å². The van der Waals surface area contributed by atoms with E-state index in [9.17, 15) is 18.0 Å². The number of hydrogen-bond donors (Lipinski definition) is 0. The summed E-state index contributed by atoms with van der Waals surface area (Å²) in [6, 6.07) is 6.93. The molecule has 5 nitrogen and oxygen atoms in total. The van der Waals surface area contributed by atoms with Gasteiger partial charge in [0.1, 0.15) is 17.4 Å². The number of halogens is 3. The lowest BCUT2D eigenvalue weighted by Gasteiger charge is -2.16. The second-order valence-electron chi connectivity index (χ2n) is 7.36. The third-order valence-corrected chi connectivity index (χ3v) is 4.84. The van der Waals surface area contributed by atoms with Gasteiger partial charge >= 0.3 is 6.18 Å². The molecule has 1 saturated heterocycles. The first-order valence-electron chi connectivity index (χ1n) is 9.67. The average Bonchev–Trinajstić information content (AvgIpc) is 3.21. The summed E-state index contributed by atoms with van der Waals surface area (Å²) in [6.45, 7) is 2.56. The first-order chi connectivity index (χ1) is 13.8. The van der Waals surface area contributed by atoms with Gasteiger partial charge in [0.2, 0.25) is 0 Å². The molecule has 3 rings (SSSR count). The van der Waals surface area contributed by atoms with E-state index < -0.39 is 12.8 Å². The highest BCUT2D eigenvalue weighted by Crippen LogP contribution is 2.23. The number of alkyl halides is 3. The van der Waals surface area contributed by atoms with Crippen LogP contribution in [0.15, 0.2) is 36.7 Å². The van der Waals surface area contributed by atoms with Gasteiger partial charge in [-0.1, -0.05) is 13.0 Å². The maximum Gasteiger partial charge on any atom is 0.422 e. The summed E-state index contributed by atoms with van der Waals surface area (Å²) in [6.07, 6.45) is 1.57. The van der Waals surface area contributed by atoms with Crippen LogP contribution in [0.1, 0.15) is 43.4 Å². The molecule has 2 aromatic heterocycles. The number of ether oxygens (including phenoxy) is 1. The number of anilines is 1. The third kappa shape index (κ3) is 6.44. The van der Waals surface area contributed by atoms with Crippen LogP contribution < -0.4 is 9.64 Å². The van der Waals surface area contributed by atoms with Gasteiger partial charge in [-0.3, -0.25) is 9.78 Å². The Morgan fingerprint density at radius 2 is 1.90 bits per heavy atom. The second kappa shape index (κ2) is 9.24. The Bertz CT molecular complexity index is 801. The normalized spacial score (nSPS) is 15.4. The number of hydrogen-bond acceptors (Lipinski definition) is 5. The van der Waals surface area contributed by atoms with Gasteiger partial charge < -0.3 is 9.64 Å². The number of pyridine rings is 2. The molecular formula is C21H24F3N3O2. The number of nitrogens with zero attached hydrogens (tertiary/aromatic N) is 3. The fraction of sp³-hybridized carbons (Fsp3) is 0.476. The van der Waals surface area contributed by atoms with E-state index in [2.05, 4.69) is 19.6 Å². The summed E-state index contributed by atoms with van der Waals surface area (Å²) in [5, 5.41) is 0. The van der Waals surface area contributed by atoms with E-state index in [1.54, 1.807) is 12.3 Å². The Balaban J connectivity index is 1.49. The van der Waals surface area contributed by atoms with Crippen molar-refractivity contribution in [2.45, 2.75) is 44.7 Å². The maximum atomic E-state index is 12.4. The van der Waals surface area contributed by atoms with Crippen LogP contribution in [-0.4, -0.2) is 41.6 Å². The predicted octanol–water partition coefficient (Wildman–Crippen LogP) is 4.32. The van der Waals surface area contributed by atoms with Crippen LogP contribution in [0.5, 0.6) is 5.75 Å². The molecule has 1 aliphatic heterocycles. The third-order valence-electron chi connectivity index (χ3n) is 4.84. The molecule has 1 fully saturated rings. The minimum absolute atomic E-state index is 0.0498. The van der Waals surface area contributed by atoms with E-state index in [0.29, 0.717) is 18.5 Å². The van der Waals surface area contributed by atoms with Crippen LogP contribution >= 0.6 is 0 Å². The summed E-state index contributed by atoms with van der Waals surface area (Å²) in [5.41, 5.74) is 1.51. The molecular weight excluding hydrogens is 383 g/mol.